The molecule has 2 saturated heterocycles. The quantitative estimate of drug-likeness (QED) is 0.149. The van der Waals surface area contributed by atoms with Crippen LogP contribution in [0.15, 0.2) is 114 Å². The first-order valence-electron chi connectivity index (χ1n) is 19.8. The van der Waals surface area contributed by atoms with Gasteiger partial charge in [0, 0.05) is 90.6 Å². The van der Waals surface area contributed by atoms with Gasteiger partial charge in [-0.1, -0.05) is 73.7 Å². The SMILES string of the molecule is CCS(=O)(=O)c1ccc(CN2CCN(C(=O)[C@H](Cc3ccccc3)N(Cc3ccc(N4CCN(C(C)=O)CC4)cc3)C(=O)C=Cc3ccc(C(F)(F)F)cc3)CC2)cc1. The maximum atomic E-state index is 14.7. The van der Waals surface area contributed by atoms with Crippen molar-refractivity contribution in [1.29, 1.82) is 0 Å². The fourth-order valence-corrected chi connectivity index (χ4v) is 8.29. The van der Waals surface area contributed by atoms with Crippen molar-refractivity contribution in [2.75, 3.05) is 63.0 Å². The average Bonchev–Trinajstić information content (AvgIpc) is 3.24. The van der Waals surface area contributed by atoms with E-state index in [1.54, 1.807) is 35.8 Å². The highest BCUT2D eigenvalue weighted by atomic mass is 32.2. The Morgan fingerprint density at radius 3 is 1.90 bits per heavy atom. The van der Waals surface area contributed by atoms with Crippen molar-refractivity contribution in [3.05, 3.63) is 137 Å². The molecule has 6 rings (SSSR count). The predicted octanol–water partition coefficient (Wildman–Crippen LogP) is 6.17. The number of halogens is 3. The zero-order valence-electron chi connectivity index (χ0n) is 33.4. The van der Waals surface area contributed by atoms with E-state index in [0.29, 0.717) is 64.5 Å². The zero-order chi connectivity index (χ0) is 42.2. The van der Waals surface area contributed by atoms with Gasteiger partial charge >= 0.3 is 6.18 Å². The number of sulfone groups is 1. The van der Waals surface area contributed by atoms with E-state index >= 15 is 0 Å². The Morgan fingerprint density at radius 1 is 0.729 bits per heavy atom. The van der Waals surface area contributed by atoms with Crippen molar-refractivity contribution in [3.63, 3.8) is 0 Å². The summed E-state index contributed by atoms with van der Waals surface area (Å²) in [5, 5.41) is 0. The second-order valence-electron chi connectivity index (χ2n) is 14.9. The van der Waals surface area contributed by atoms with Gasteiger partial charge in [-0.25, -0.2) is 8.42 Å². The zero-order valence-corrected chi connectivity index (χ0v) is 34.2. The van der Waals surface area contributed by atoms with Crippen LogP contribution in [0.4, 0.5) is 18.9 Å². The number of anilines is 1. The van der Waals surface area contributed by atoms with E-state index in [9.17, 15) is 36.0 Å². The van der Waals surface area contributed by atoms with Crippen molar-refractivity contribution in [3.8, 4) is 0 Å². The fraction of sp³-hybridized carbons (Fsp3) is 0.356. The molecule has 0 bridgehead atoms. The monoisotopic (exact) mass is 829 g/mol. The third-order valence-electron chi connectivity index (χ3n) is 11.0. The van der Waals surface area contributed by atoms with Gasteiger partial charge < -0.3 is 19.6 Å². The molecule has 2 heterocycles. The van der Waals surface area contributed by atoms with Gasteiger partial charge in [-0.05, 0) is 64.7 Å². The molecule has 312 valence electrons. The number of rotatable bonds is 13. The summed E-state index contributed by atoms with van der Waals surface area (Å²) >= 11 is 0. The van der Waals surface area contributed by atoms with Gasteiger partial charge in [0.2, 0.25) is 17.7 Å². The molecule has 0 aliphatic carbocycles. The Hall–Kier alpha value is -5.47. The second kappa shape index (κ2) is 19.1. The first-order chi connectivity index (χ1) is 28.2. The molecule has 0 aromatic heterocycles. The smallest absolute Gasteiger partial charge is 0.368 e. The van der Waals surface area contributed by atoms with E-state index in [0.717, 1.165) is 34.5 Å². The molecule has 2 aliphatic heterocycles. The van der Waals surface area contributed by atoms with Gasteiger partial charge in [0.25, 0.3) is 0 Å². The van der Waals surface area contributed by atoms with Gasteiger partial charge in [0.1, 0.15) is 6.04 Å². The molecule has 0 radical (unpaired) electrons. The number of amides is 3. The van der Waals surface area contributed by atoms with Crippen LogP contribution in [0.1, 0.15) is 41.7 Å². The minimum absolute atomic E-state index is 0.0279. The van der Waals surface area contributed by atoms with Crippen LogP contribution in [-0.4, -0.2) is 110 Å². The summed E-state index contributed by atoms with van der Waals surface area (Å²) in [6.07, 6.45) is -1.47. The van der Waals surface area contributed by atoms with E-state index < -0.39 is 33.5 Å². The summed E-state index contributed by atoms with van der Waals surface area (Å²) in [6.45, 7) is 8.48. The van der Waals surface area contributed by atoms with Gasteiger partial charge in [0.15, 0.2) is 9.84 Å². The first-order valence-corrected chi connectivity index (χ1v) is 21.5. The lowest BCUT2D eigenvalue weighted by Crippen LogP contribution is -2.56. The molecule has 10 nitrogen and oxygen atoms in total. The second-order valence-corrected chi connectivity index (χ2v) is 17.2. The fourth-order valence-electron chi connectivity index (χ4n) is 7.41. The third-order valence-corrected chi connectivity index (χ3v) is 12.8. The minimum atomic E-state index is -4.49. The highest BCUT2D eigenvalue weighted by molar-refractivity contribution is 7.91. The standard InChI is InChI=1S/C45H50F3N5O5S/c1-3-59(57,58)41-20-13-37(14-21-41)32-49-23-25-52(26-24-49)44(56)42(31-36-7-5-4-6-8-36)53(43(55)22-15-35-9-16-39(17-10-35)45(46,47)48)33-38-11-18-40(19-12-38)51-29-27-50(28-30-51)34(2)54/h4-22,42H,3,23-33H2,1-2H3/t42-/m0/s1. The van der Waals surface area contributed by atoms with Crippen LogP contribution in [0.3, 0.4) is 0 Å². The lowest BCUT2D eigenvalue weighted by molar-refractivity contribution is -0.145. The Kier molecular flexibility index (Phi) is 13.9. The van der Waals surface area contributed by atoms with Gasteiger partial charge in [-0.3, -0.25) is 19.3 Å². The van der Waals surface area contributed by atoms with Crippen LogP contribution < -0.4 is 4.90 Å². The van der Waals surface area contributed by atoms with Gasteiger partial charge in [0.05, 0.1) is 16.2 Å². The average molecular weight is 830 g/mol. The molecule has 59 heavy (non-hydrogen) atoms. The number of hydrogen-bond acceptors (Lipinski definition) is 7. The van der Waals surface area contributed by atoms with Crippen LogP contribution in [0.25, 0.3) is 6.08 Å². The molecule has 0 spiro atoms. The molecule has 4 aromatic carbocycles. The van der Waals surface area contributed by atoms with E-state index in [2.05, 4.69) is 9.80 Å². The number of piperazine rings is 2. The van der Waals surface area contributed by atoms with Crippen molar-refractivity contribution in [2.45, 2.75) is 50.5 Å². The van der Waals surface area contributed by atoms with E-state index in [1.165, 1.54) is 24.3 Å². The van der Waals surface area contributed by atoms with Crippen molar-refractivity contribution in [1.82, 2.24) is 19.6 Å². The molecule has 14 heteroatoms. The molecular formula is C45H50F3N5O5S. The summed E-state index contributed by atoms with van der Waals surface area (Å²) in [5.74, 6) is -0.595. The molecule has 2 fully saturated rings. The van der Waals surface area contributed by atoms with Gasteiger partial charge in [-0.15, -0.1) is 0 Å². The Labute approximate surface area is 344 Å². The number of carbonyl (C=O) groups is 3. The number of nitrogens with zero attached hydrogens (tertiary/aromatic N) is 5. The summed E-state index contributed by atoms with van der Waals surface area (Å²) in [6, 6.07) is 27.8. The number of benzene rings is 4. The van der Waals surface area contributed by atoms with E-state index in [1.807, 2.05) is 71.6 Å². The van der Waals surface area contributed by atoms with Crippen molar-refractivity contribution < 1.29 is 36.0 Å². The molecule has 0 unspecified atom stereocenters. The first kappa shape index (κ1) is 43.1. The summed E-state index contributed by atoms with van der Waals surface area (Å²) < 4.78 is 64.3. The number of carbonyl (C=O) groups excluding carboxylic acids is 3. The maximum absolute atomic E-state index is 14.7. The molecule has 2 aliphatic rings. The summed E-state index contributed by atoms with van der Waals surface area (Å²) in [7, 11) is -3.30. The molecular weight excluding hydrogens is 780 g/mol. The maximum Gasteiger partial charge on any atom is 0.416 e. The van der Waals surface area contributed by atoms with E-state index in [-0.39, 0.29) is 35.4 Å². The van der Waals surface area contributed by atoms with Gasteiger partial charge in [-0.2, -0.15) is 13.2 Å². The number of alkyl halides is 3. The van der Waals surface area contributed by atoms with Crippen LogP contribution >= 0.6 is 0 Å². The van der Waals surface area contributed by atoms with Crippen LogP contribution in [0.5, 0.6) is 0 Å². The lowest BCUT2D eigenvalue weighted by Gasteiger charge is -2.39. The predicted molar refractivity (Wildman–Crippen MR) is 222 cm³/mol. The van der Waals surface area contributed by atoms with Crippen LogP contribution in [-0.2, 0) is 49.9 Å². The van der Waals surface area contributed by atoms with Crippen LogP contribution in [0, 0.1) is 0 Å². The highest BCUT2D eigenvalue weighted by Crippen LogP contribution is 2.29. The topological polar surface area (TPSA) is 102 Å². The third kappa shape index (κ3) is 11.4. The Balaban J connectivity index is 1.23. The van der Waals surface area contributed by atoms with Crippen molar-refractivity contribution >= 4 is 39.3 Å². The highest BCUT2D eigenvalue weighted by Gasteiger charge is 2.34. The largest absolute Gasteiger partial charge is 0.416 e. The molecule has 0 saturated carbocycles. The normalized spacial score (nSPS) is 16.0. The molecule has 0 N–H and O–H groups in total. The lowest BCUT2D eigenvalue weighted by atomic mass is 10.0. The summed E-state index contributed by atoms with van der Waals surface area (Å²) in [5.41, 5.74) is 3.21. The molecule has 4 aromatic rings. The molecule has 1 atom stereocenters. The Morgan fingerprint density at radius 2 is 1.32 bits per heavy atom. The summed E-state index contributed by atoms with van der Waals surface area (Å²) in [4.78, 5) is 50.7. The molecule has 3 amide bonds. The van der Waals surface area contributed by atoms with Crippen molar-refractivity contribution in [2.24, 2.45) is 0 Å². The Bertz CT molecular complexity index is 2180. The minimum Gasteiger partial charge on any atom is -0.368 e. The van der Waals surface area contributed by atoms with Crippen LogP contribution in [0.2, 0.25) is 0 Å². The van der Waals surface area contributed by atoms with E-state index in [4.69, 9.17) is 0 Å². The number of hydrogen-bond donors (Lipinski definition) is 0.